The number of amides is 1. The molecule has 3 aliphatic rings. The molecule has 1 aliphatic carbocycles. The van der Waals surface area contributed by atoms with Crippen molar-refractivity contribution >= 4 is 17.4 Å². The smallest absolute Gasteiger partial charge is 0.247 e. The maximum absolute atomic E-state index is 13.8. The summed E-state index contributed by atoms with van der Waals surface area (Å²) in [7, 11) is 0. The van der Waals surface area contributed by atoms with Gasteiger partial charge in [0.2, 0.25) is 5.91 Å². The fraction of sp³-hybridized carbons (Fsp3) is 0.419. The van der Waals surface area contributed by atoms with Gasteiger partial charge in [0.05, 0.1) is 6.67 Å². The van der Waals surface area contributed by atoms with Crippen LogP contribution in [-0.2, 0) is 24.1 Å². The Morgan fingerprint density at radius 2 is 1.68 bits per heavy atom. The molecule has 37 heavy (non-hydrogen) atoms. The Morgan fingerprint density at radius 1 is 0.973 bits per heavy atom. The molecule has 3 aromatic rings. The fourth-order valence-electron chi connectivity index (χ4n) is 6.76. The normalized spacial score (nSPS) is 21.3. The van der Waals surface area contributed by atoms with Crippen molar-refractivity contribution in [1.82, 2.24) is 15.2 Å². The number of carbonyl (C=O) groups excluding carboxylic acids is 2. The number of carbonyl (C=O) groups is 2. The van der Waals surface area contributed by atoms with Gasteiger partial charge in [0.15, 0.2) is 5.78 Å². The SMILES string of the molecule is CCc1c(Cc2ccccc2)[nH]c2c1C(=O)C(CN1CCC3(CC1)C(=O)NCN3c1ccccc1)CC2. The Hall–Kier alpha value is -3.38. The Bertz CT molecular complexity index is 1280. The molecule has 1 amide bonds. The van der Waals surface area contributed by atoms with Gasteiger partial charge in [0, 0.05) is 54.6 Å². The lowest BCUT2D eigenvalue weighted by atomic mass is 9.81. The van der Waals surface area contributed by atoms with Crippen LogP contribution in [0.25, 0.3) is 0 Å². The molecule has 1 unspecified atom stereocenters. The van der Waals surface area contributed by atoms with Crippen molar-refractivity contribution in [2.75, 3.05) is 31.2 Å². The van der Waals surface area contributed by atoms with Gasteiger partial charge in [0.1, 0.15) is 5.54 Å². The molecule has 2 aromatic carbocycles. The predicted molar refractivity (Wildman–Crippen MR) is 146 cm³/mol. The van der Waals surface area contributed by atoms with Crippen LogP contribution in [0.5, 0.6) is 0 Å². The highest BCUT2D eigenvalue weighted by molar-refractivity contribution is 6.02. The van der Waals surface area contributed by atoms with Crippen LogP contribution in [0, 0.1) is 5.92 Å². The zero-order valence-corrected chi connectivity index (χ0v) is 21.6. The Labute approximate surface area is 219 Å². The van der Waals surface area contributed by atoms with Crippen molar-refractivity contribution in [2.45, 2.75) is 51.0 Å². The number of aromatic nitrogens is 1. The van der Waals surface area contributed by atoms with E-state index in [-0.39, 0.29) is 11.8 Å². The quantitative estimate of drug-likeness (QED) is 0.533. The average Bonchev–Trinajstić information content (AvgIpc) is 3.45. The summed E-state index contributed by atoms with van der Waals surface area (Å²) in [5, 5.41) is 3.09. The number of H-pyrrole nitrogens is 1. The summed E-state index contributed by atoms with van der Waals surface area (Å²) in [6.07, 6.45) is 5.08. The summed E-state index contributed by atoms with van der Waals surface area (Å²) in [6.45, 7) is 5.17. The van der Waals surface area contributed by atoms with E-state index in [4.69, 9.17) is 0 Å². The van der Waals surface area contributed by atoms with Crippen LogP contribution in [-0.4, -0.2) is 53.4 Å². The zero-order chi connectivity index (χ0) is 25.4. The van der Waals surface area contributed by atoms with E-state index in [9.17, 15) is 9.59 Å². The molecule has 0 bridgehead atoms. The molecule has 1 aromatic heterocycles. The molecule has 2 aliphatic heterocycles. The molecule has 6 heteroatoms. The molecule has 6 nitrogen and oxygen atoms in total. The summed E-state index contributed by atoms with van der Waals surface area (Å²) >= 11 is 0. The minimum absolute atomic E-state index is 0.0230. The molecular formula is C31H36N4O2. The van der Waals surface area contributed by atoms with Crippen LogP contribution in [0.2, 0.25) is 0 Å². The molecule has 1 atom stereocenters. The van der Waals surface area contributed by atoms with Crippen LogP contribution in [0.15, 0.2) is 60.7 Å². The lowest BCUT2D eigenvalue weighted by Gasteiger charge is -2.44. The summed E-state index contributed by atoms with van der Waals surface area (Å²) in [4.78, 5) is 35.0. The van der Waals surface area contributed by atoms with E-state index in [0.29, 0.717) is 12.5 Å². The van der Waals surface area contributed by atoms with Crippen LogP contribution >= 0.6 is 0 Å². The van der Waals surface area contributed by atoms with E-state index in [1.807, 2.05) is 24.3 Å². The third-order valence-electron chi connectivity index (χ3n) is 8.77. The largest absolute Gasteiger partial charge is 0.361 e. The van der Waals surface area contributed by atoms with Crippen LogP contribution in [0.3, 0.4) is 0 Å². The van der Waals surface area contributed by atoms with E-state index >= 15 is 0 Å². The molecule has 192 valence electrons. The number of para-hydroxylation sites is 1. The van der Waals surface area contributed by atoms with Crippen molar-refractivity contribution in [2.24, 2.45) is 5.92 Å². The molecule has 6 rings (SSSR count). The summed E-state index contributed by atoms with van der Waals surface area (Å²) in [6, 6.07) is 20.7. The van der Waals surface area contributed by atoms with Gasteiger partial charge in [-0.15, -0.1) is 0 Å². The van der Waals surface area contributed by atoms with Crippen molar-refractivity contribution in [3.63, 3.8) is 0 Å². The highest BCUT2D eigenvalue weighted by atomic mass is 16.2. The minimum atomic E-state index is -0.482. The van der Waals surface area contributed by atoms with Crippen molar-refractivity contribution in [3.05, 3.63) is 88.7 Å². The van der Waals surface area contributed by atoms with E-state index in [0.717, 1.165) is 75.1 Å². The van der Waals surface area contributed by atoms with Gasteiger partial charge in [-0.05, 0) is 55.4 Å². The molecule has 2 saturated heterocycles. The van der Waals surface area contributed by atoms with Crippen molar-refractivity contribution < 1.29 is 9.59 Å². The maximum atomic E-state index is 13.8. The first-order chi connectivity index (χ1) is 18.1. The maximum Gasteiger partial charge on any atom is 0.247 e. The molecule has 2 N–H and O–H groups in total. The Kier molecular flexibility index (Phi) is 6.37. The number of hydrogen-bond donors (Lipinski definition) is 2. The second-order valence-electron chi connectivity index (χ2n) is 10.8. The number of Topliss-reactive ketones (excluding diaryl/α,β-unsaturated/α-hetero) is 1. The number of nitrogens with one attached hydrogen (secondary N) is 2. The summed E-state index contributed by atoms with van der Waals surface area (Å²) < 4.78 is 0. The van der Waals surface area contributed by atoms with Crippen LogP contribution in [0.4, 0.5) is 5.69 Å². The number of benzene rings is 2. The minimum Gasteiger partial charge on any atom is -0.361 e. The monoisotopic (exact) mass is 496 g/mol. The number of anilines is 1. The number of rotatable bonds is 6. The summed E-state index contributed by atoms with van der Waals surface area (Å²) in [5.74, 6) is 0.466. The predicted octanol–water partition coefficient (Wildman–Crippen LogP) is 4.34. The second kappa shape index (κ2) is 9.82. The number of aromatic amines is 1. The highest BCUT2D eigenvalue weighted by Crippen LogP contribution is 2.37. The fourth-order valence-corrected chi connectivity index (χ4v) is 6.76. The third-order valence-corrected chi connectivity index (χ3v) is 8.77. The van der Waals surface area contributed by atoms with Gasteiger partial charge in [-0.25, -0.2) is 0 Å². The zero-order valence-electron chi connectivity index (χ0n) is 21.6. The Morgan fingerprint density at radius 3 is 2.38 bits per heavy atom. The number of nitrogens with zero attached hydrogens (tertiary/aromatic N) is 2. The first-order valence-corrected chi connectivity index (χ1v) is 13.7. The topological polar surface area (TPSA) is 68.4 Å². The van der Waals surface area contributed by atoms with Gasteiger partial charge in [-0.3, -0.25) is 9.59 Å². The second-order valence-corrected chi connectivity index (χ2v) is 10.8. The number of hydrogen-bond acceptors (Lipinski definition) is 4. The number of likely N-dealkylation sites (tertiary alicyclic amines) is 1. The van der Waals surface area contributed by atoms with Crippen molar-refractivity contribution in [1.29, 1.82) is 0 Å². The van der Waals surface area contributed by atoms with E-state index in [1.54, 1.807) is 0 Å². The third kappa shape index (κ3) is 4.27. The molecule has 0 radical (unpaired) electrons. The summed E-state index contributed by atoms with van der Waals surface area (Å²) in [5.41, 5.74) is 6.36. The van der Waals surface area contributed by atoms with Crippen LogP contribution in [0.1, 0.15) is 59.1 Å². The molecule has 0 saturated carbocycles. The van der Waals surface area contributed by atoms with Gasteiger partial charge in [-0.2, -0.15) is 0 Å². The Balaban J connectivity index is 1.15. The number of ketones is 1. The van der Waals surface area contributed by atoms with E-state index in [2.05, 4.69) is 63.4 Å². The number of aryl methyl sites for hydroxylation is 1. The number of fused-ring (bicyclic) bond motifs is 1. The standard InChI is InChI=1S/C31H36N4O2/c1-2-25-27(19-22-9-5-3-6-10-22)33-26-14-13-23(29(36)28(25)26)20-34-17-15-31(16-18-34)30(37)32-21-35(31)24-11-7-4-8-12-24/h3-12,23,33H,2,13-21H2,1H3,(H,32,37). The molecule has 2 fully saturated rings. The number of piperidine rings is 1. The van der Waals surface area contributed by atoms with Gasteiger partial charge >= 0.3 is 0 Å². The lowest BCUT2D eigenvalue weighted by Crippen LogP contribution is -2.57. The highest BCUT2D eigenvalue weighted by Gasteiger charge is 2.50. The molecule has 3 heterocycles. The van der Waals surface area contributed by atoms with E-state index < -0.39 is 5.54 Å². The average molecular weight is 497 g/mol. The first kappa shape index (κ1) is 24.0. The van der Waals surface area contributed by atoms with E-state index in [1.165, 1.54) is 16.8 Å². The van der Waals surface area contributed by atoms with Gasteiger partial charge in [0.25, 0.3) is 0 Å². The van der Waals surface area contributed by atoms with Crippen LogP contribution < -0.4 is 10.2 Å². The first-order valence-electron chi connectivity index (χ1n) is 13.7. The van der Waals surface area contributed by atoms with Crippen molar-refractivity contribution in [3.8, 4) is 0 Å². The van der Waals surface area contributed by atoms with Gasteiger partial charge in [-0.1, -0.05) is 55.5 Å². The lowest BCUT2D eigenvalue weighted by molar-refractivity contribution is -0.125. The van der Waals surface area contributed by atoms with Gasteiger partial charge < -0.3 is 20.1 Å². The molecular weight excluding hydrogens is 460 g/mol. The molecule has 1 spiro atoms.